The van der Waals surface area contributed by atoms with Gasteiger partial charge in [0.25, 0.3) is 0 Å². The minimum Gasteiger partial charge on any atom is -0.445 e. The molecule has 45 heavy (non-hydrogen) atoms. The molecule has 230 valence electrons. The molecule has 6 rings (SSSR count). The second-order valence-electron chi connectivity index (χ2n) is 10.7. The van der Waals surface area contributed by atoms with E-state index in [9.17, 15) is 9.90 Å². The molecular weight excluding hydrogens is 605 g/mol. The summed E-state index contributed by atoms with van der Waals surface area (Å²) in [6.45, 7) is 4.10. The summed E-state index contributed by atoms with van der Waals surface area (Å²) in [6, 6.07) is 32.4. The third-order valence-corrected chi connectivity index (χ3v) is 9.81. The van der Waals surface area contributed by atoms with Gasteiger partial charge < -0.3 is 24.6 Å². The number of carbonyl (C=O) groups excluding carboxylic acids is 1. The molecule has 1 fully saturated rings. The number of rotatable bonds is 11. The molecule has 0 spiro atoms. The molecule has 5 aromatic rings. The lowest BCUT2D eigenvalue weighted by atomic mass is 9.99. The predicted molar refractivity (Wildman–Crippen MR) is 179 cm³/mol. The zero-order valence-corrected chi connectivity index (χ0v) is 26.3. The van der Waals surface area contributed by atoms with Gasteiger partial charge in [0.15, 0.2) is 10.6 Å². The number of hydrogen-bond acceptors (Lipinski definition) is 8. The van der Waals surface area contributed by atoms with Crippen LogP contribution in [0.1, 0.15) is 41.1 Å². The molecule has 1 aliphatic heterocycles. The lowest BCUT2D eigenvalue weighted by Gasteiger charge is -2.36. The minimum absolute atomic E-state index is 0.00696. The van der Waals surface area contributed by atoms with Crippen LogP contribution in [0.2, 0.25) is 0 Å². The average Bonchev–Trinajstić information content (AvgIpc) is 3.52. The number of thiazole rings is 1. The van der Waals surface area contributed by atoms with Crippen molar-refractivity contribution in [3.05, 3.63) is 132 Å². The number of aromatic nitrogens is 1. The standard InChI is InChI=1S/C36H34N2O5S2/c1-2-18-41-35(40)37-21-25-6-5-7-29(19-25)26-14-16-28(17-15-26)34-42-30(20-32(43-34)27-12-10-24(22-39)11-13-27)23-44-36-38-31-8-3-4-9-33(31)45-36/h2-17,19,30,32,34,39H,1,18,20-23H2,(H,37,40). The van der Waals surface area contributed by atoms with E-state index < -0.39 is 12.4 Å². The van der Waals surface area contributed by atoms with Crippen LogP contribution in [0.15, 0.2) is 114 Å². The molecule has 2 heterocycles. The van der Waals surface area contributed by atoms with Crippen LogP contribution in [-0.2, 0) is 27.4 Å². The van der Waals surface area contributed by atoms with Gasteiger partial charge in [-0.15, -0.1) is 11.3 Å². The quantitative estimate of drug-likeness (QED) is 0.111. The molecule has 2 N–H and O–H groups in total. The number of aliphatic hydroxyl groups is 1. The van der Waals surface area contributed by atoms with Gasteiger partial charge >= 0.3 is 6.09 Å². The summed E-state index contributed by atoms with van der Waals surface area (Å²) < 4.78 is 20.3. The molecule has 0 saturated carbocycles. The molecule has 0 radical (unpaired) electrons. The highest BCUT2D eigenvalue weighted by molar-refractivity contribution is 8.01. The topological polar surface area (TPSA) is 89.9 Å². The van der Waals surface area contributed by atoms with Gasteiger partial charge in [-0.2, -0.15) is 0 Å². The Bertz CT molecular complexity index is 1710. The number of carbonyl (C=O) groups is 1. The van der Waals surface area contributed by atoms with Gasteiger partial charge in [-0.05, 0) is 46.0 Å². The number of aliphatic hydroxyl groups excluding tert-OH is 1. The largest absolute Gasteiger partial charge is 0.445 e. The normalized spacial score (nSPS) is 18.0. The van der Waals surface area contributed by atoms with Gasteiger partial charge in [-0.1, -0.05) is 103 Å². The maximum Gasteiger partial charge on any atom is 0.407 e. The highest BCUT2D eigenvalue weighted by atomic mass is 32.2. The Hall–Kier alpha value is -3.99. The monoisotopic (exact) mass is 638 g/mol. The minimum atomic E-state index is -0.534. The fraction of sp³-hybridized carbons (Fsp3) is 0.222. The van der Waals surface area contributed by atoms with E-state index in [1.165, 1.54) is 10.8 Å². The first-order chi connectivity index (χ1) is 22.1. The van der Waals surface area contributed by atoms with E-state index in [2.05, 4.69) is 36.2 Å². The Labute approximate surface area is 270 Å². The van der Waals surface area contributed by atoms with Crippen LogP contribution in [0.25, 0.3) is 21.3 Å². The Morgan fingerprint density at radius 3 is 2.56 bits per heavy atom. The van der Waals surface area contributed by atoms with Crippen molar-refractivity contribution >= 4 is 39.4 Å². The number of thioether (sulfide) groups is 1. The summed E-state index contributed by atoms with van der Waals surface area (Å²) in [4.78, 5) is 16.6. The summed E-state index contributed by atoms with van der Waals surface area (Å²) >= 11 is 3.42. The maximum absolute atomic E-state index is 11.8. The van der Waals surface area contributed by atoms with Crippen molar-refractivity contribution in [2.75, 3.05) is 12.4 Å². The molecule has 1 saturated heterocycles. The number of benzene rings is 4. The average molecular weight is 639 g/mol. The predicted octanol–water partition coefficient (Wildman–Crippen LogP) is 8.21. The summed E-state index contributed by atoms with van der Waals surface area (Å²) in [6.07, 6.45) is 1.04. The number of para-hydroxylation sites is 1. The van der Waals surface area contributed by atoms with Crippen LogP contribution in [-0.4, -0.2) is 34.6 Å². The fourth-order valence-corrected chi connectivity index (χ4v) is 7.27. The Morgan fingerprint density at radius 1 is 0.978 bits per heavy atom. The van der Waals surface area contributed by atoms with Gasteiger partial charge in [-0.3, -0.25) is 0 Å². The summed E-state index contributed by atoms with van der Waals surface area (Å²) in [5.41, 5.74) is 6.94. The molecule has 3 unspecified atom stereocenters. The van der Waals surface area contributed by atoms with Gasteiger partial charge in [0.05, 0.1) is 29.0 Å². The Balaban J connectivity index is 1.16. The second kappa shape index (κ2) is 14.9. The third-order valence-electron chi connectivity index (χ3n) is 7.49. The highest BCUT2D eigenvalue weighted by Crippen LogP contribution is 2.40. The lowest BCUT2D eigenvalue weighted by Crippen LogP contribution is -2.31. The SMILES string of the molecule is C=CCOC(=O)NCc1cccc(-c2ccc(C3OC(CSc4nc5ccccc5s4)CC(c4ccc(CO)cc4)O3)cc2)c1. The van der Waals surface area contributed by atoms with Crippen molar-refractivity contribution in [2.24, 2.45) is 0 Å². The van der Waals surface area contributed by atoms with Gasteiger partial charge in [0.2, 0.25) is 0 Å². The van der Waals surface area contributed by atoms with Crippen molar-refractivity contribution in [3.8, 4) is 11.1 Å². The van der Waals surface area contributed by atoms with E-state index in [1.54, 1.807) is 23.1 Å². The maximum atomic E-state index is 11.8. The molecule has 3 atom stereocenters. The first-order valence-corrected chi connectivity index (χ1v) is 16.6. The van der Waals surface area contributed by atoms with Crippen molar-refractivity contribution in [2.45, 2.75) is 42.4 Å². The first kappa shape index (κ1) is 31.0. The fourth-order valence-electron chi connectivity index (χ4n) is 5.15. The molecule has 1 amide bonds. The number of ether oxygens (including phenoxy) is 3. The van der Waals surface area contributed by atoms with Gasteiger partial charge in [-0.25, -0.2) is 9.78 Å². The number of hydrogen-bond donors (Lipinski definition) is 2. The van der Waals surface area contributed by atoms with Crippen LogP contribution in [0.4, 0.5) is 4.79 Å². The van der Waals surface area contributed by atoms with E-state index in [-0.39, 0.29) is 25.4 Å². The summed E-state index contributed by atoms with van der Waals surface area (Å²) in [5.74, 6) is 0.755. The third kappa shape index (κ3) is 8.00. The number of amides is 1. The van der Waals surface area contributed by atoms with Crippen molar-refractivity contribution in [3.63, 3.8) is 0 Å². The molecule has 0 aliphatic carbocycles. The van der Waals surface area contributed by atoms with Crippen LogP contribution >= 0.6 is 23.1 Å². The van der Waals surface area contributed by atoms with Crippen LogP contribution < -0.4 is 5.32 Å². The highest BCUT2D eigenvalue weighted by Gasteiger charge is 2.32. The molecule has 1 aromatic heterocycles. The lowest BCUT2D eigenvalue weighted by molar-refractivity contribution is -0.245. The zero-order valence-electron chi connectivity index (χ0n) is 24.6. The van der Waals surface area contributed by atoms with Crippen molar-refractivity contribution in [1.82, 2.24) is 10.3 Å². The summed E-state index contributed by atoms with van der Waals surface area (Å²) in [7, 11) is 0. The van der Waals surface area contributed by atoms with E-state index in [4.69, 9.17) is 19.2 Å². The molecule has 0 bridgehead atoms. The summed E-state index contributed by atoms with van der Waals surface area (Å²) in [5, 5.41) is 12.3. The second-order valence-corrected chi connectivity index (χ2v) is 13.0. The number of nitrogens with zero attached hydrogens (tertiary/aromatic N) is 1. The zero-order chi connectivity index (χ0) is 31.0. The first-order valence-electron chi connectivity index (χ1n) is 14.8. The Morgan fingerprint density at radius 2 is 1.78 bits per heavy atom. The molecule has 7 nitrogen and oxygen atoms in total. The van der Waals surface area contributed by atoms with Crippen LogP contribution in [0.3, 0.4) is 0 Å². The van der Waals surface area contributed by atoms with E-state index in [0.717, 1.165) is 49.0 Å². The van der Waals surface area contributed by atoms with Crippen LogP contribution in [0.5, 0.6) is 0 Å². The Kier molecular flexibility index (Phi) is 10.2. The molecule has 1 aliphatic rings. The van der Waals surface area contributed by atoms with Gasteiger partial charge in [0.1, 0.15) is 6.61 Å². The van der Waals surface area contributed by atoms with E-state index in [0.29, 0.717) is 13.0 Å². The molecule has 4 aromatic carbocycles. The van der Waals surface area contributed by atoms with Crippen LogP contribution in [0, 0.1) is 0 Å². The van der Waals surface area contributed by atoms with E-state index >= 15 is 0 Å². The number of alkyl carbamates (subject to hydrolysis) is 1. The smallest absolute Gasteiger partial charge is 0.407 e. The van der Waals surface area contributed by atoms with Gasteiger partial charge in [0, 0.05) is 24.3 Å². The van der Waals surface area contributed by atoms with Crippen molar-refractivity contribution in [1.29, 1.82) is 0 Å². The number of nitrogens with one attached hydrogen (secondary N) is 1. The number of fused-ring (bicyclic) bond motifs is 1. The molecular formula is C36H34N2O5S2. The molecule has 9 heteroatoms. The van der Waals surface area contributed by atoms with Crippen molar-refractivity contribution < 1.29 is 24.1 Å². The van der Waals surface area contributed by atoms with E-state index in [1.807, 2.05) is 72.8 Å².